The summed E-state index contributed by atoms with van der Waals surface area (Å²) in [6, 6.07) is 17.7. The van der Waals surface area contributed by atoms with Crippen LogP contribution in [0.25, 0.3) is 10.9 Å². The van der Waals surface area contributed by atoms with Crippen LogP contribution in [0.2, 0.25) is 0 Å². The second kappa shape index (κ2) is 10.3. The van der Waals surface area contributed by atoms with Crippen LogP contribution in [0, 0.1) is 0 Å². The molecular weight excluding hydrogens is 470 g/mol. The summed E-state index contributed by atoms with van der Waals surface area (Å²) in [6.45, 7) is 4.57. The third-order valence-electron chi connectivity index (χ3n) is 7.38. The first-order valence-corrected chi connectivity index (χ1v) is 12.8. The highest BCUT2D eigenvalue weighted by Crippen LogP contribution is 2.30. The summed E-state index contributed by atoms with van der Waals surface area (Å²) in [7, 11) is 1.62. The summed E-state index contributed by atoms with van der Waals surface area (Å²) < 4.78 is 13.0. The second-order valence-electron chi connectivity index (χ2n) is 9.62. The molecule has 0 saturated carbocycles. The van der Waals surface area contributed by atoms with Gasteiger partial charge in [0, 0.05) is 50.1 Å². The number of hydrogen-bond acceptors (Lipinski definition) is 8. The molecule has 37 heavy (non-hydrogen) atoms. The molecule has 0 bridgehead atoms. The molecule has 2 aliphatic rings. The number of tetrazole rings is 1. The molecule has 192 valence electrons. The molecule has 0 amide bonds. The Balaban J connectivity index is 1.37. The van der Waals surface area contributed by atoms with Crippen molar-refractivity contribution in [3.63, 3.8) is 0 Å². The normalized spacial score (nSPS) is 19.4. The Hall–Kier alpha value is -3.76. The monoisotopic (exact) mass is 501 g/mol. The molecule has 0 radical (unpaired) electrons. The maximum atomic E-state index is 13.5. The van der Waals surface area contributed by atoms with E-state index in [4.69, 9.17) is 9.47 Å². The van der Waals surface area contributed by atoms with Crippen LogP contribution in [0.15, 0.2) is 59.4 Å². The quantitative estimate of drug-likeness (QED) is 0.413. The number of nitrogens with one attached hydrogen (secondary N) is 1. The van der Waals surface area contributed by atoms with E-state index < -0.39 is 0 Å². The number of benzene rings is 2. The van der Waals surface area contributed by atoms with E-state index in [9.17, 15) is 4.79 Å². The number of aromatic amines is 1. The number of para-hydroxylation sites is 1. The fourth-order valence-corrected chi connectivity index (χ4v) is 5.42. The van der Waals surface area contributed by atoms with Crippen LogP contribution in [-0.2, 0) is 11.3 Å². The molecule has 2 saturated heterocycles. The van der Waals surface area contributed by atoms with Crippen LogP contribution in [-0.4, -0.2) is 76.1 Å². The van der Waals surface area contributed by atoms with E-state index in [1.54, 1.807) is 7.11 Å². The molecule has 6 rings (SSSR count). The van der Waals surface area contributed by atoms with Crippen molar-refractivity contribution < 1.29 is 9.47 Å². The Morgan fingerprint density at radius 1 is 1.11 bits per heavy atom. The second-order valence-corrected chi connectivity index (χ2v) is 9.62. The Morgan fingerprint density at radius 2 is 1.95 bits per heavy atom. The summed E-state index contributed by atoms with van der Waals surface area (Å²) in [5, 5.41) is 13.7. The van der Waals surface area contributed by atoms with Crippen LogP contribution in [0.1, 0.15) is 30.3 Å². The minimum Gasteiger partial charge on any atom is -0.497 e. The van der Waals surface area contributed by atoms with Gasteiger partial charge in [0.05, 0.1) is 25.3 Å². The summed E-state index contributed by atoms with van der Waals surface area (Å²) in [4.78, 5) is 21.3. The van der Waals surface area contributed by atoms with Gasteiger partial charge in [-0.15, -0.1) is 5.10 Å². The van der Waals surface area contributed by atoms with Crippen molar-refractivity contribution >= 4 is 16.6 Å². The Kier molecular flexibility index (Phi) is 6.58. The van der Waals surface area contributed by atoms with Gasteiger partial charge in [0.1, 0.15) is 11.8 Å². The maximum absolute atomic E-state index is 13.5. The topological polar surface area (TPSA) is 101 Å². The van der Waals surface area contributed by atoms with E-state index in [0.29, 0.717) is 23.7 Å². The number of methoxy groups -OCH3 is 1. The van der Waals surface area contributed by atoms with Crippen LogP contribution in [0.3, 0.4) is 0 Å². The Labute approximate surface area is 214 Å². The summed E-state index contributed by atoms with van der Waals surface area (Å²) in [5.41, 5.74) is 2.43. The van der Waals surface area contributed by atoms with Crippen LogP contribution in [0.4, 0.5) is 5.69 Å². The van der Waals surface area contributed by atoms with Gasteiger partial charge in [-0.1, -0.05) is 18.2 Å². The third kappa shape index (κ3) is 4.82. The standard InChI is InChI=1S/C27H31N7O3/c1-36-21-10-9-19-16-23(27(35)28-24(19)17-21)25(26-29-30-31-34(26)18-22-8-5-15-37-22)33-13-11-32(12-14-33)20-6-3-2-4-7-20/h2-4,6-7,9-10,16-17,22,25H,5,8,11-15,18H2,1H3,(H,28,35)/t22-,25+/m0/s1. The lowest BCUT2D eigenvalue weighted by molar-refractivity contribution is 0.0906. The number of pyridine rings is 1. The number of piperazine rings is 1. The van der Waals surface area contributed by atoms with Crippen molar-refractivity contribution in [1.82, 2.24) is 30.1 Å². The van der Waals surface area contributed by atoms with Gasteiger partial charge < -0.3 is 19.4 Å². The molecule has 2 aromatic heterocycles. The van der Waals surface area contributed by atoms with Gasteiger partial charge in [-0.3, -0.25) is 9.69 Å². The van der Waals surface area contributed by atoms with Crippen molar-refractivity contribution in [3.05, 3.63) is 76.3 Å². The van der Waals surface area contributed by atoms with Crippen molar-refractivity contribution in [2.24, 2.45) is 0 Å². The summed E-state index contributed by atoms with van der Waals surface area (Å²) in [5.74, 6) is 1.37. The first kappa shape index (κ1) is 23.6. The molecule has 10 heteroatoms. The molecule has 2 aromatic carbocycles. The lowest BCUT2D eigenvalue weighted by Gasteiger charge is -2.39. The molecule has 0 aliphatic carbocycles. The number of anilines is 1. The van der Waals surface area contributed by atoms with E-state index in [-0.39, 0.29) is 17.7 Å². The predicted molar refractivity (Wildman–Crippen MR) is 140 cm³/mol. The molecule has 10 nitrogen and oxygen atoms in total. The highest BCUT2D eigenvalue weighted by molar-refractivity contribution is 5.80. The van der Waals surface area contributed by atoms with Crippen LogP contribution < -0.4 is 15.2 Å². The van der Waals surface area contributed by atoms with E-state index in [1.807, 2.05) is 35.0 Å². The lowest BCUT2D eigenvalue weighted by Crippen LogP contribution is -2.49. The molecule has 0 unspecified atom stereocenters. The zero-order valence-electron chi connectivity index (χ0n) is 20.9. The van der Waals surface area contributed by atoms with E-state index >= 15 is 0 Å². The molecule has 4 heterocycles. The zero-order valence-corrected chi connectivity index (χ0v) is 20.9. The van der Waals surface area contributed by atoms with Gasteiger partial charge in [-0.05, 0) is 59.0 Å². The average Bonchev–Trinajstić information content (AvgIpc) is 3.63. The fourth-order valence-electron chi connectivity index (χ4n) is 5.42. The number of ether oxygens (including phenoxy) is 2. The molecule has 1 N–H and O–H groups in total. The van der Waals surface area contributed by atoms with Crippen molar-refractivity contribution in [2.45, 2.75) is 31.5 Å². The number of rotatable bonds is 7. The average molecular weight is 502 g/mol. The molecular formula is C27H31N7O3. The number of aromatic nitrogens is 5. The minimum absolute atomic E-state index is 0.0835. The molecule has 4 aromatic rings. The van der Waals surface area contributed by atoms with Crippen molar-refractivity contribution in [2.75, 3.05) is 44.8 Å². The molecule has 0 spiro atoms. The maximum Gasteiger partial charge on any atom is 0.253 e. The summed E-state index contributed by atoms with van der Waals surface area (Å²) >= 11 is 0. The Morgan fingerprint density at radius 3 is 2.70 bits per heavy atom. The smallest absolute Gasteiger partial charge is 0.253 e. The molecule has 2 aliphatic heterocycles. The number of H-pyrrole nitrogens is 1. The number of nitrogens with zero attached hydrogens (tertiary/aromatic N) is 6. The SMILES string of the molecule is COc1ccc2cc([C@H](c3nnnn3C[C@@H]3CCCO3)N3CCN(c4ccccc4)CC3)c(=O)[nH]c2c1. The number of fused-ring (bicyclic) bond motifs is 1. The van der Waals surface area contributed by atoms with Crippen LogP contribution in [0.5, 0.6) is 5.75 Å². The third-order valence-corrected chi connectivity index (χ3v) is 7.38. The van der Waals surface area contributed by atoms with Gasteiger partial charge >= 0.3 is 0 Å². The zero-order chi connectivity index (χ0) is 25.2. The van der Waals surface area contributed by atoms with E-state index in [2.05, 4.69) is 54.6 Å². The minimum atomic E-state index is -0.385. The van der Waals surface area contributed by atoms with E-state index in [0.717, 1.165) is 56.5 Å². The van der Waals surface area contributed by atoms with Gasteiger partial charge in [0.2, 0.25) is 0 Å². The highest BCUT2D eigenvalue weighted by atomic mass is 16.5. The first-order chi connectivity index (χ1) is 18.2. The van der Waals surface area contributed by atoms with Gasteiger partial charge in [0.25, 0.3) is 5.56 Å². The van der Waals surface area contributed by atoms with Crippen molar-refractivity contribution in [1.29, 1.82) is 0 Å². The first-order valence-electron chi connectivity index (χ1n) is 12.8. The van der Waals surface area contributed by atoms with Gasteiger partial charge in [-0.2, -0.15) is 0 Å². The van der Waals surface area contributed by atoms with Gasteiger partial charge in [-0.25, -0.2) is 4.68 Å². The number of hydrogen-bond donors (Lipinski definition) is 1. The highest BCUT2D eigenvalue weighted by Gasteiger charge is 2.33. The largest absolute Gasteiger partial charge is 0.497 e. The fraction of sp³-hybridized carbons (Fsp3) is 0.407. The predicted octanol–water partition coefficient (Wildman–Crippen LogP) is 2.61. The van der Waals surface area contributed by atoms with Crippen molar-refractivity contribution in [3.8, 4) is 5.75 Å². The Bertz CT molecular complexity index is 1410. The molecule has 2 fully saturated rings. The van der Waals surface area contributed by atoms with E-state index in [1.165, 1.54) is 5.69 Å². The van der Waals surface area contributed by atoms with Gasteiger partial charge in [0.15, 0.2) is 5.82 Å². The molecule has 2 atom stereocenters. The summed E-state index contributed by atoms with van der Waals surface area (Å²) in [6.07, 6.45) is 2.11. The lowest BCUT2D eigenvalue weighted by atomic mass is 10.0. The van der Waals surface area contributed by atoms with Crippen LogP contribution >= 0.6 is 0 Å².